The second-order valence-electron chi connectivity index (χ2n) is 5.17. The van der Waals surface area contributed by atoms with Crippen molar-refractivity contribution >= 4 is 18.1 Å². The van der Waals surface area contributed by atoms with Crippen molar-refractivity contribution in [2.45, 2.75) is 6.54 Å². The van der Waals surface area contributed by atoms with Gasteiger partial charge in [-0.25, -0.2) is 4.39 Å². The summed E-state index contributed by atoms with van der Waals surface area (Å²) in [5.74, 6) is 0.500. The summed E-state index contributed by atoms with van der Waals surface area (Å²) in [6, 6.07) is 12.7. The number of hydrogen-bond acceptors (Lipinski definition) is 4. The first-order chi connectivity index (χ1) is 12.1. The number of nitrogens with zero attached hydrogens (tertiary/aromatic N) is 2. The van der Waals surface area contributed by atoms with Crippen LogP contribution in [0.5, 0.6) is 5.75 Å². The first-order valence-electron chi connectivity index (χ1n) is 7.43. The van der Waals surface area contributed by atoms with Crippen LogP contribution in [0.3, 0.4) is 0 Å². The van der Waals surface area contributed by atoms with Gasteiger partial charge in [0.05, 0.1) is 13.7 Å². The molecule has 0 fully saturated rings. The minimum absolute atomic E-state index is 0.153. The van der Waals surface area contributed by atoms with Crippen molar-refractivity contribution in [2.75, 3.05) is 7.11 Å². The maximum Gasteiger partial charge on any atom is 0.251 e. The average Bonchev–Trinajstić information content (AvgIpc) is 3.01. The van der Waals surface area contributed by atoms with Crippen LogP contribution in [0.25, 0.3) is 5.69 Å². The van der Waals surface area contributed by atoms with Crippen LogP contribution in [-0.2, 0) is 6.54 Å². The highest BCUT2D eigenvalue weighted by Gasteiger charge is 2.11. The number of carbonyl (C=O) groups is 1. The zero-order valence-corrected chi connectivity index (χ0v) is 14.1. The molecule has 2 aromatic carbocycles. The molecule has 6 nitrogen and oxygen atoms in total. The van der Waals surface area contributed by atoms with Gasteiger partial charge >= 0.3 is 0 Å². The van der Waals surface area contributed by atoms with Crippen LogP contribution in [-0.4, -0.2) is 27.8 Å². The Labute approximate surface area is 148 Å². The summed E-state index contributed by atoms with van der Waals surface area (Å²) in [5.41, 5.74) is 1.13. The van der Waals surface area contributed by atoms with Crippen molar-refractivity contribution < 1.29 is 13.9 Å². The summed E-state index contributed by atoms with van der Waals surface area (Å²) in [7, 11) is 1.54. The second-order valence-corrected chi connectivity index (χ2v) is 5.56. The molecule has 0 aliphatic heterocycles. The predicted molar refractivity (Wildman–Crippen MR) is 92.9 cm³/mol. The van der Waals surface area contributed by atoms with Crippen LogP contribution >= 0.6 is 12.2 Å². The summed E-state index contributed by atoms with van der Waals surface area (Å²) in [6.07, 6.45) is 0. The molecule has 0 bridgehead atoms. The summed E-state index contributed by atoms with van der Waals surface area (Å²) in [6.45, 7) is 0.153. The topological polar surface area (TPSA) is 71.9 Å². The van der Waals surface area contributed by atoms with E-state index < -0.39 is 0 Å². The molecule has 3 rings (SSSR count). The molecule has 1 aromatic heterocycles. The van der Waals surface area contributed by atoms with Gasteiger partial charge in [0.25, 0.3) is 5.91 Å². The third-order valence-corrected chi connectivity index (χ3v) is 3.84. The minimum atomic E-state index is -0.341. The highest BCUT2D eigenvalue weighted by molar-refractivity contribution is 7.71. The summed E-state index contributed by atoms with van der Waals surface area (Å²) in [4.78, 5) is 12.3. The van der Waals surface area contributed by atoms with E-state index in [0.29, 0.717) is 27.6 Å². The molecule has 25 heavy (non-hydrogen) atoms. The summed E-state index contributed by atoms with van der Waals surface area (Å²) in [5, 5.41) is 9.59. The van der Waals surface area contributed by atoms with Crippen molar-refractivity contribution in [3.8, 4) is 11.4 Å². The standard InChI is InChI=1S/C17H15FN4O2S/c1-24-14-4-2-3-11(9-14)16(23)19-10-15-20-21-17(25)22(15)13-7-5-12(18)6-8-13/h2-9H,10H2,1H3,(H,19,23)(H,21,25). The van der Waals surface area contributed by atoms with Gasteiger partial charge in [-0.15, -0.1) is 0 Å². The van der Waals surface area contributed by atoms with Gasteiger partial charge in [-0.1, -0.05) is 6.07 Å². The molecule has 128 valence electrons. The number of methoxy groups -OCH3 is 1. The lowest BCUT2D eigenvalue weighted by atomic mass is 10.2. The Hall–Kier alpha value is -3.00. The molecule has 2 N–H and O–H groups in total. The van der Waals surface area contributed by atoms with E-state index >= 15 is 0 Å². The van der Waals surface area contributed by atoms with Gasteiger partial charge in [0.1, 0.15) is 11.6 Å². The van der Waals surface area contributed by atoms with Gasteiger partial charge in [0.15, 0.2) is 10.6 Å². The van der Waals surface area contributed by atoms with Gasteiger partial charge in [0, 0.05) is 11.3 Å². The van der Waals surface area contributed by atoms with Crippen LogP contribution in [0, 0.1) is 10.6 Å². The highest BCUT2D eigenvalue weighted by atomic mass is 32.1. The molecule has 0 saturated carbocycles. The Morgan fingerprint density at radius 1 is 1.32 bits per heavy atom. The number of hydrogen-bond donors (Lipinski definition) is 2. The first-order valence-corrected chi connectivity index (χ1v) is 7.84. The van der Waals surface area contributed by atoms with Crippen molar-refractivity contribution in [3.05, 3.63) is 70.5 Å². The molecule has 1 amide bonds. The van der Waals surface area contributed by atoms with Crippen molar-refractivity contribution in [3.63, 3.8) is 0 Å². The molecule has 0 atom stereocenters. The fourth-order valence-electron chi connectivity index (χ4n) is 2.33. The third kappa shape index (κ3) is 3.74. The fourth-order valence-corrected chi connectivity index (χ4v) is 2.59. The smallest absolute Gasteiger partial charge is 0.251 e. The predicted octanol–water partition coefficient (Wildman–Crippen LogP) is 3.01. The van der Waals surface area contributed by atoms with Gasteiger partial charge in [-0.2, -0.15) is 5.10 Å². The van der Waals surface area contributed by atoms with Crippen molar-refractivity contribution in [2.24, 2.45) is 0 Å². The number of aromatic amines is 1. The molecule has 0 saturated heterocycles. The number of ether oxygens (including phenoxy) is 1. The Morgan fingerprint density at radius 2 is 2.08 bits per heavy atom. The van der Waals surface area contributed by atoms with E-state index in [1.165, 1.54) is 19.2 Å². The number of carbonyl (C=O) groups excluding carboxylic acids is 1. The lowest BCUT2D eigenvalue weighted by Crippen LogP contribution is -2.24. The quantitative estimate of drug-likeness (QED) is 0.688. The maximum absolute atomic E-state index is 13.1. The van der Waals surface area contributed by atoms with E-state index in [0.717, 1.165) is 0 Å². The molecule has 8 heteroatoms. The monoisotopic (exact) mass is 358 g/mol. The molecule has 0 unspecified atom stereocenters. The van der Waals surface area contributed by atoms with Crippen LogP contribution in [0.1, 0.15) is 16.2 Å². The molecule has 3 aromatic rings. The summed E-state index contributed by atoms with van der Waals surface area (Å²) >= 11 is 5.22. The summed E-state index contributed by atoms with van der Waals surface area (Å²) < 4.78 is 20.2. The van der Waals surface area contributed by atoms with E-state index in [1.807, 2.05) is 0 Å². The van der Waals surface area contributed by atoms with Gasteiger partial charge in [0.2, 0.25) is 0 Å². The van der Waals surface area contributed by atoms with Crippen molar-refractivity contribution in [1.29, 1.82) is 0 Å². The zero-order valence-electron chi connectivity index (χ0n) is 13.3. The SMILES string of the molecule is COc1cccc(C(=O)NCc2n[nH]c(=S)n2-c2ccc(F)cc2)c1. The van der Waals surface area contributed by atoms with Crippen molar-refractivity contribution in [1.82, 2.24) is 20.1 Å². The minimum Gasteiger partial charge on any atom is -0.497 e. The van der Waals surface area contributed by atoms with E-state index in [9.17, 15) is 9.18 Å². The van der Waals surface area contributed by atoms with E-state index in [-0.39, 0.29) is 18.3 Å². The fraction of sp³-hybridized carbons (Fsp3) is 0.118. The van der Waals surface area contributed by atoms with E-state index in [1.54, 1.807) is 41.0 Å². The lowest BCUT2D eigenvalue weighted by Gasteiger charge is -2.09. The Morgan fingerprint density at radius 3 is 2.80 bits per heavy atom. The third-order valence-electron chi connectivity index (χ3n) is 3.57. The molecular weight excluding hydrogens is 343 g/mol. The number of halogens is 1. The molecule has 0 aliphatic carbocycles. The first kappa shape index (κ1) is 16.8. The second kappa shape index (κ2) is 7.27. The van der Waals surface area contributed by atoms with E-state index in [4.69, 9.17) is 17.0 Å². The van der Waals surface area contributed by atoms with Gasteiger partial charge in [-0.3, -0.25) is 14.5 Å². The van der Waals surface area contributed by atoms with E-state index in [2.05, 4.69) is 15.5 Å². The molecule has 0 aliphatic rings. The largest absolute Gasteiger partial charge is 0.497 e. The maximum atomic E-state index is 13.1. The number of rotatable bonds is 5. The number of benzene rings is 2. The van der Waals surface area contributed by atoms with Crippen LogP contribution < -0.4 is 10.1 Å². The zero-order chi connectivity index (χ0) is 17.8. The van der Waals surface area contributed by atoms with Crippen LogP contribution in [0.15, 0.2) is 48.5 Å². The normalized spacial score (nSPS) is 10.5. The molecule has 1 heterocycles. The lowest BCUT2D eigenvalue weighted by molar-refractivity contribution is 0.0949. The Balaban J connectivity index is 1.79. The number of H-pyrrole nitrogens is 1. The van der Waals surface area contributed by atoms with Crippen LogP contribution in [0.2, 0.25) is 0 Å². The number of aromatic nitrogens is 3. The number of amides is 1. The van der Waals surface area contributed by atoms with Gasteiger partial charge in [-0.05, 0) is 54.7 Å². The number of nitrogens with one attached hydrogen (secondary N) is 2. The van der Waals surface area contributed by atoms with Crippen LogP contribution in [0.4, 0.5) is 4.39 Å². The molecule has 0 radical (unpaired) electrons. The average molecular weight is 358 g/mol. The Kier molecular flexibility index (Phi) is 4.90. The Bertz CT molecular complexity index is 950. The highest BCUT2D eigenvalue weighted by Crippen LogP contribution is 2.14. The molecule has 0 spiro atoms. The van der Waals surface area contributed by atoms with Gasteiger partial charge < -0.3 is 10.1 Å². The molecular formula is C17H15FN4O2S.